The highest BCUT2D eigenvalue weighted by Gasteiger charge is 2.00. The summed E-state index contributed by atoms with van der Waals surface area (Å²) in [6, 6.07) is 38.1. The molecule has 0 fully saturated rings. The van der Waals surface area contributed by atoms with Gasteiger partial charge in [0.15, 0.2) is 0 Å². The molecule has 0 spiro atoms. The number of hydrogen-bond acceptors (Lipinski definition) is 2. The van der Waals surface area contributed by atoms with Crippen molar-refractivity contribution in [2.45, 2.75) is 0 Å². The predicted octanol–water partition coefficient (Wildman–Crippen LogP) is 7.56. The van der Waals surface area contributed by atoms with Crippen molar-refractivity contribution in [1.29, 1.82) is 0 Å². The van der Waals surface area contributed by atoms with E-state index in [0.29, 0.717) is 0 Å². The van der Waals surface area contributed by atoms with Gasteiger partial charge >= 0.3 is 0 Å². The van der Waals surface area contributed by atoms with Gasteiger partial charge in [-0.15, -0.1) is 0 Å². The average Bonchev–Trinajstić information content (AvgIpc) is 2.75. The summed E-state index contributed by atoms with van der Waals surface area (Å²) < 4.78 is 0. The SMILES string of the molecule is [C].c1ccc2cc(Nc3ccc(Nc4ccc5ccccc5c4)cc3)ccc2c1. The Morgan fingerprint density at radius 3 is 1.10 bits per heavy atom. The highest BCUT2D eigenvalue weighted by molar-refractivity contribution is 5.87. The third-order valence-corrected chi connectivity index (χ3v) is 4.96. The summed E-state index contributed by atoms with van der Waals surface area (Å²) in [5, 5.41) is 11.9. The quantitative estimate of drug-likeness (QED) is 0.340. The van der Waals surface area contributed by atoms with Gasteiger partial charge in [0.05, 0.1) is 0 Å². The minimum atomic E-state index is 0. The topological polar surface area (TPSA) is 24.1 Å². The average molecular weight is 372 g/mol. The summed E-state index contributed by atoms with van der Waals surface area (Å²) in [7, 11) is 0. The number of rotatable bonds is 4. The molecule has 0 aliphatic heterocycles. The fraction of sp³-hybridized carbons (Fsp3) is 0. The molecule has 29 heavy (non-hydrogen) atoms. The van der Waals surface area contributed by atoms with E-state index in [1.165, 1.54) is 21.5 Å². The monoisotopic (exact) mass is 372 g/mol. The van der Waals surface area contributed by atoms with Gasteiger partial charge in [-0.1, -0.05) is 60.7 Å². The van der Waals surface area contributed by atoms with Gasteiger partial charge in [-0.2, -0.15) is 0 Å². The molecule has 0 unspecified atom stereocenters. The molecule has 138 valence electrons. The van der Waals surface area contributed by atoms with E-state index in [1.54, 1.807) is 0 Å². The maximum atomic E-state index is 3.48. The summed E-state index contributed by atoms with van der Waals surface area (Å²) in [6.07, 6.45) is 0. The molecule has 0 atom stereocenters. The lowest BCUT2D eigenvalue weighted by molar-refractivity contribution is 1.53. The van der Waals surface area contributed by atoms with Crippen molar-refractivity contribution in [2.75, 3.05) is 10.6 Å². The zero-order chi connectivity index (χ0) is 18.8. The van der Waals surface area contributed by atoms with E-state index < -0.39 is 0 Å². The molecule has 0 heterocycles. The van der Waals surface area contributed by atoms with E-state index in [4.69, 9.17) is 0 Å². The van der Waals surface area contributed by atoms with E-state index in [9.17, 15) is 0 Å². The zero-order valence-electron chi connectivity index (χ0n) is 15.9. The van der Waals surface area contributed by atoms with Crippen LogP contribution in [0.4, 0.5) is 22.7 Å². The van der Waals surface area contributed by atoms with Crippen LogP contribution < -0.4 is 10.6 Å². The van der Waals surface area contributed by atoms with Crippen LogP contribution in [0.3, 0.4) is 0 Å². The molecule has 0 aliphatic rings. The third kappa shape index (κ3) is 4.07. The van der Waals surface area contributed by atoms with Gasteiger partial charge in [0.2, 0.25) is 0 Å². The minimum absolute atomic E-state index is 0. The molecule has 0 amide bonds. The largest absolute Gasteiger partial charge is 0.356 e. The van der Waals surface area contributed by atoms with Crippen molar-refractivity contribution in [3.05, 3.63) is 117 Å². The lowest BCUT2D eigenvalue weighted by atomic mass is 10.1. The van der Waals surface area contributed by atoms with Crippen LogP contribution in [-0.2, 0) is 0 Å². The smallest absolute Gasteiger partial charge is 0.0390 e. The fourth-order valence-corrected chi connectivity index (χ4v) is 3.50. The molecule has 2 N–H and O–H groups in total. The van der Waals surface area contributed by atoms with Crippen LogP contribution in [-0.4, -0.2) is 0 Å². The van der Waals surface area contributed by atoms with Gasteiger partial charge in [-0.05, 0) is 70.1 Å². The fourth-order valence-electron chi connectivity index (χ4n) is 3.50. The van der Waals surface area contributed by atoms with Crippen molar-refractivity contribution in [3.63, 3.8) is 0 Å². The van der Waals surface area contributed by atoms with Crippen LogP contribution >= 0.6 is 0 Å². The first-order valence-corrected chi connectivity index (χ1v) is 9.45. The van der Waals surface area contributed by atoms with Crippen LogP contribution in [0, 0.1) is 7.43 Å². The number of hydrogen-bond donors (Lipinski definition) is 2. The van der Waals surface area contributed by atoms with Crippen molar-refractivity contribution >= 4 is 44.3 Å². The zero-order valence-corrected chi connectivity index (χ0v) is 15.9. The van der Waals surface area contributed by atoms with E-state index in [0.717, 1.165) is 22.7 Å². The number of fused-ring (bicyclic) bond motifs is 2. The summed E-state index contributed by atoms with van der Waals surface area (Å²) in [4.78, 5) is 0. The highest BCUT2D eigenvalue weighted by Crippen LogP contribution is 2.25. The molecular weight excluding hydrogens is 352 g/mol. The molecule has 2 heteroatoms. The lowest BCUT2D eigenvalue weighted by Crippen LogP contribution is -1.93. The Morgan fingerprint density at radius 1 is 0.345 bits per heavy atom. The van der Waals surface area contributed by atoms with Crippen molar-refractivity contribution in [1.82, 2.24) is 0 Å². The van der Waals surface area contributed by atoms with E-state index >= 15 is 0 Å². The van der Waals surface area contributed by atoms with Gasteiger partial charge in [0.1, 0.15) is 0 Å². The van der Waals surface area contributed by atoms with Gasteiger partial charge in [-0.3, -0.25) is 0 Å². The maximum absolute atomic E-state index is 3.48. The normalized spacial score (nSPS) is 10.5. The molecule has 5 aromatic rings. The molecule has 5 aromatic carbocycles. The molecule has 0 aromatic heterocycles. The Morgan fingerprint density at radius 2 is 0.690 bits per heavy atom. The van der Waals surface area contributed by atoms with Crippen LogP contribution in [0.25, 0.3) is 21.5 Å². The first-order chi connectivity index (χ1) is 13.8. The molecule has 5 rings (SSSR count). The molecule has 0 saturated carbocycles. The summed E-state index contributed by atoms with van der Waals surface area (Å²) >= 11 is 0. The second-order valence-electron chi connectivity index (χ2n) is 6.95. The maximum Gasteiger partial charge on any atom is 0.0390 e. The second kappa shape index (κ2) is 8.07. The lowest BCUT2D eigenvalue weighted by Gasteiger charge is -2.11. The molecular formula is C27H20N2. The van der Waals surface area contributed by atoms with Gasteiger partial charge in [0.25, 0.3) is 0 Å². The molecule has 0 aliphatic carbocycles. The standard InChI is InChI=1S/C26H20N2.C/c1-3-7-21-17-25(11-9-19(21)5-1)27-23-13-15-24(16-14-23)28-26-12-10-20-6-2-4-8-22(20)18-26;/h1-18,27-28H;. The molecule has 0 saturated heterocycles. The van der Waals surface area contributed by atoms with Gasteiger partial charge < -0.3 is 10.6 Å². The Kier molecular flexibility index (Phi) is 5.17. The molecule has 4 radical (unpaired) electrons. The van der Waals surface area contributed by atoms with Crippen LogP contribution in [0.2, 0.25) is 0 Å². The highest BCUT2D eigenvalue weighted by atomic mass is 14.9. The van der Waals surface area contributed by atoms with Crippen LogP contribution in [0.5, 0.6) is 0 Å². The van der Waals surface area contributed by atoms with Crippen molar-refractivity contribution in [2.24, 2.45) is 0 Å². The van der Waals surface area contributed by atoms with Crippen LogP contribution in [0.15, 0.2) is 109 Å². The van der Waals surface area contributed by atoms with E-state index in [1.807, 2.05) is 0 Å². The minimum Gasteiger partial charge on any atom is -0.356 e. The Balaban J connectivity index is 0.00000205. The number of nitrogens with one attached hydrogen (secondary N) is 2. The third-order valence-electron chi connectivity index (χ3n) is 4.96. The Bertz CT molecular complexity index is 1160. The van der Waals surface area contributed by atoms with Crippen molar-refractivity contribution in [3.8, 4) is 0 Å². The Labute approximate surface area is 171 Å². The summed E-state index contributed by atoms with van der Waals surface area (Å²) in [5.41, 5.74) is 4.32. The van der Waals surface area contributed by atoms with Crippen LogP contribution in [0.1, 0.15) is 0 Å². The number of anilines is 4. The van der Waals surface area contributed by atoms with Crippen molar-refractivity contribution < 1.29 is 0 Å². The summed E-state index contributed by atoms with van der Waals surface area (Å²) in [6.45, 7) is 0. The van der Waals surface area contributed by atoms with E-state index in [-0.39, 0.29) is 7.43 Å². The van der Waals surface area contributed by atoms with E-state index in [2.05, 4.69) is 120 Å². The first kappa shape index (κ1) is 18.6. The van der Waals surface area contributed by atoms with Gasteiger partial charge in [-0.25, -0.2) is 0 Å². The molecule has 2 nitrogen and oxygen atoms in total. The summed E-state index contributed by atoms with van der Waals surface area (Å²) in [5.74, 6) is 0. The number of benzene rings is 5. The Hall–Kier alpha value is -3.78. The first-order valence-electron chi connectivity index (χ1n) is 9.45. The van der Waals surface area contributed by atoms with Gasteiger partial charge in [0, 0.05) is 30.2 Å². The second-order valence-corrected chi connectivity index (χ2v) is 6.95. The predicted molar refractivity (Wildman–Crippen MR) is 124 cm³/mol. The molecule has 0 bridgehead atoms.